The van der Waals surface area contributed by atoms with Crippen LogP contribution in [0.3, 0.4) is 0 Å². The van der Waals surface area contributed by atoms with Crippen molar-refractivity contribution in [3.05, 3.63) is 255 Å². The van der Waals surface area contributed by atoms with Crippen molar-refractivity contribution >= 4 is 82.5 Å². The number of aromatic amines is 3. The fourth-order valence-electron chi connectivity index (χ4n) is 15.4. The van der Waals surface area contributed by atoms with Gasteiger partial charge in [-0.2, -0.15) is 0 Å². The Bertz CT molecular complexity index is 4820. The minimum absolute atomic E-state index is 0.564. The molecule has 103 heavy (non-hydrogen) atoms. The molecule has 15 rings (SSSR count). The van der Waals surface area contributed by atoms with E-state index in [1.807, 2.05) is 0 Å². The number of nitrogens with zero attached hydrogens (tertiary/aromatic N) is 1. The zero-order valence-electron chi connectivity index (χ0n) is 60.8. The normalized spacial score (nSPS) is 12.6. The average molecular weight is 1350 g/mol. The van der Waals surface area contributed by atoms with Gasteiger partial charge in [-0.1, -0.05) is 227 Å². The number of para-hydroxylation sites is 3. The van der Waals surface area contributed by atoms with Crippen molar-refractivity contribution in [3.63, 3.8) is 0 Å². The molecule has 0 radical (unpaired) electrons. The number of unbranched alkanes of at least 4 members (excludes halogenated alkanes) is 3. The average Bonchev–Trinajstić information content (AvgIpc) is 1.63. The number of hydrogen-bond donors (Lipinski definition) is 3. The van der Waals surface area contributed by atoms with Crippen molar-refractivity contribution in [1.82, 2.24) is 15.0 Å². The van der Waals surface area contributed by atoms with Crippen molar-refractivity contribution in [3.8, 4) is 84.0 Å². The molecule has 3 heterocycles. The smallest absolute Gasteiger partial charge is 0.119 e. The number of rotatable bonds is 30. The lowest BCUT2D eigenvalue weighted by molar-refractivity contribution is 0.233. The van der Waals surface area contributed by atoms with Gasteiger partial charge in [-0.05, 0) is 214 Å². The number of fused-ring (bicyclic) bond motifs is 9. The van der Waals surface area contributed by atoms with Crippen molar-refractivity contribution in [2.75, 3.05) is 24.7 Å². The molecule has 0 amide bonds. The van der Waals surface area contributed by atoms with Crippen LogP contribution in [-0.4, -0.2) is 34.8 Å². The molecule has 0 bridgehead atoms. The van der Waals surface area contributed by atoms with Crippen LogP contribution in [0.4, 0.5) is 17.1 Å². The summed E-state index contributed by atoms with van der Waals surface area (Å²) in [5, 5.41) is 7.21. The minimum atomic E-state index is 0.564. The van der Waals surface area contributed by atoms with Crippen molar-refractivity contribution in [2.24, 2.45) is 17.8 Å². The van der Waals surface area contributed by atoms with E-state index in [-0.39, 0.29) is 0 Å². The molecule has 0 aliphatic rings. The van der Waals surface area contributed by atoms with Gasteiger partial charge >= 0.3 is 0 Å². The molecule has 15 aromatic rings. The second-order valence-corrected chi connectivity index (χ2v) is 28.6. The highest BCUT2D eigenvalue weighted by Crippen LogP contribution is 2.45. The zero-order chi connectivity index (χ0) is 70.2. The van der Waals surface area contributed by atoms with Crippen molar-refractivity contribution in [2.45, 2.75) is 119 Å². The maximum atomic E-state index is 6.42. The quantitative estimate of drug-likeness (QED) is 0.0419. The maximum absolute atomic E-state index is 6.42. The molecular formula is C96H96N4O3. The number of aromatic nitrogens is 3. The van der Waals surface area contributed by atoms with E-state index in [0.717, 1.165) is 173 Å². The number of H-pyrrole nitrogens is 3. The third-order valence-corrected chi connectivity index (χ3v) is 21.8. The molecule has 0 aliphatic heterocycles. The second-order valence-electron chi connectivity index (χ2n) is 28.6. The van der Waals surface area contributed by atoms with Crippen LogP contribution in [0.5, 0.6) is 17.2 Å². The van der Waals surface area contributed by atoms with E-state index in [2.05, 4.69) is 316 Å². The summed E-state index contributed by atoms with van der Waals surface area (Å²) in [6, 6.07) is 93.8. The zero-order valence-corrected chi connectivity index (χ0v) is 60.8. The third-order valence-electron chi connectivity index (χ3n) is 21.8. The Balaban J connectivity index is 0.807. The van der Waals surface area contributed by atoms with Gasteiger partial charge in [0.1, 0.15) is 17.2 Å². The van der Waals surface area contributed by atoms with Gasteiger partial charge in [0.05, 0.1) is 36.4 Å². The summed E-state index contributed by atoms with van der Waals surface area (Å²) in [6.07, 6.45) is 14.3. The molecule has 12 aromatic carbocycles. The number of benzene rings is 12. The Morgan fingerprint density at radius 3 is 0.796 bits per heavy atom. The Kier molecular flexibility index (Phi) is 20.6. The molecule has 0 saturated carbocycles. The Morgan fingerprint density at radius 1 is 0.272 bits per heavy atom. The molecule has 0 fully saturated rings. The Morgan fingerprint density at radius 2 is 0.534 bits per heavy atom. The molecule has 0 aliphatic carbocycles. The van der Waals surface area contributed by atoms with Gasteiger partial charge in [0.25, 0.3) is 0 Å². The number of hydrogen-bond acceptors (Lipinski definition) is 4. The van der Waals surface area contributed by atoms with Gasteiger partial charge in [-0.25, -0.2) is 0 Å². The van der Waals surface area contributed by atoms with Gasteiger partial charge in [-0.15, -0.1) is 0 Å². The van der Waals surface area contributed by atoms with Crippen LogP contribution in [-0.2, 0) is 0 Å². The minimum Gasteiger partial charge on any atom is -0.493 e. The van der Waals surface area contributed by atoms with E-state index in [1.165, 1.54) is 90.1 Å². The largest absolute Gasteiger partial charge is 0.493 e. The molecule has 7 heteroatoms. The topological polar surface area (TPSA) is 78.3 Å². The molecule has 0 saturated heterocycles. The van der Waals surface area contributed by atoms with E-state index >= 15 is 0 Å². The summed E-state index contributed by atoms with van der Waals surface area (Å²) in [7, 11) is 0. The van der Waals surface area contributed by atoms with Gasteiger partial charge in [-0.3, -0.25) is 0 Å². The molecule has 0 spiro atoms. The van der Waals surface area contributed by atoms with E-state index in [9.17, 15) is 0 Å². The van der Waals surface area contributed by atoms with Crippen LogP contribution in [0.2, 0.25) is 0 Å². The second kappa shape index (κ2) is 31.2. The van der Waals surface area contributed by atoms with Crippen LogP contribution in [0, 0.1) is 17.8 Å². The summed E-state index contributed by atoms with van der Waals surface area (Å²) in [4.78, 5) is 14.0. The molecule has 3 N–H and O–H groups in total. The highest BCUT2D eigenvalue weighted by molar-refractivity contribution is 6.16. The fraction of sp³-hybridized carbons (Fsp3) is 0.250. The maximum Gasteiger partial charge on any atom is 0.119 e. The van der Waals surface area contributed by atoms with Crippen LogP contribution < -0.4 is 19.1 Å². The van der Waals surface area contributed by atoms with Crippen LogP contribution >= 0.6 is 0 Å². The predicted molar refractivity (Wildman–Crippen MR) is 438 cm³/mol. The van der Waals surface area contributed by atoms with E-state index < -0.39 is 0 Å². The molecule has 3 aromatic heterocycles. The van der Waals surface area contributed by atoms with Gasteiger partial charge in [0, 0.05) is 82.6 Å². The van der Waals surface area contributed by atoms with Crippen LogP contribution in [0.1, 0.15) is 119 Å². The van der Waals surface area contributed by atoms with Crippen molar-refractivity contribution in [1.29, 1.82) is 0 Å². The Hall–Kier alpha value is -10.8. The lowest BCUT2D eigenvalue weighted by Gasteiger charge is -2.26. The molecule has 518 valence electrons. The molecule has 3 atom stereocenters. The molecule has 7 nitrogen and oxygen atoms in total. The van der Waals surface area contributed by atoms with E-state index in [0.29, 0.717) is 17.8 Å². The first kappa shape index (κ1) is 68.0. The Labute approximate surface area is 607 Å². The summed E-state index contributed by atoms with van der Waals surface area (Å²) >= 11 is 0. The van der Waals surface area contributed by atoms with E-state index in [4.69, 9.17) is 14.2 Å². The third kappa shape index (κ3) is 14.6. The lowest BCUT2D eigenvalue weighted by atomic mass is 9.94. The summed E-state index contributed by atoms with van der Waals surface area (Å²) in [6.45, 7) is 15.9. The molecular weight excluding hydrogens is 1260 g/mol. The SMILES string of the molecule is CCCCC(CC)COc1ccc(-c2cc(-c3ccc(N(c4ccc(-c5cc(-c6ccc(OCC(CC)CCCC)cc6)cc6c5[nH]c5ccccc56)cc4)c4ccc(-c5cc(-c6ccc(OCC(CC)CCCC)cc6)cc6c5[nH]c5ccccc56)cc4)cc3)c3[nH]c4ccccc4c3c2)cc1. The monoisotopic (exact) mass is 1350 g/mol. The summed E-state index contributed by atoms with van der Waals surface area (Å²) < 4.78 is 19.3. The van der Waals surface area contributed by atoms with E-state index in [1.54, 1.807) is 0 Å². The lowest BCUT2D eigenvalue weighted by Crippen LogP contribution is -2.11. The van der Waals surface area contributed by atoms with Gasteiger partial charge < -0.3 is 34.1 Å². The van der Waals surface area contributed by atoms with Gasteiger partial charge in [0.2, 0.25) is 0 Å². The predicted octanol–water partition coefficient (Wildman–Crippen LogP) is 27.8. The van der Waals surface area contributed by atoms with Gasteiger partial charge in [0.15, 0.2) is 0 Å². The number of anilines is 3. The van der Waals surface area contributed by atoms with Crippen LogP contribution in [0.15, 0.2) is 255 Å². The van der Waals surface area contributed by atoms with Crippen molar-refractivity contribution < 1.29 is 14.2 Å². The van der Waals surface area contributed by atoms with Crippen LogP contribution in [0.25, 0.3) is 132 Å². The highest BCUT2D eigenvalue weighted by atomic mass is 16.5. The first-order valence-corrected chi connectivity index (χ1v) is 38.2. The fourth-order valence-corrected chi connectivity index (χ4v) is 15.4. The summed E-state index contributed by atoms with van der Waals surface area (Å²) in [5.41, 5.74) is 23.6. The summed E-state index contributed by atoms with van der Waals surface area (Å²) in [5.74, 6) is 4.44. The standard InChI is InChI=1S/C96H96N4O3/c1-7-13-22-64(10-4)61-101-79-49-37-67(38-50-79)73-55-85(94-88(58-73)82-25-16-19-28-91(82)97-94)70-31-43-76(44-32-70)100(77-45-33-71(34-46-77)86-56-74(59-89-83-26-17-20-29-92(83)98-95(86)89)68-39-51-80(52-40-68)102-62-65(11-5)23-14-8-2)78-47-35-72(36-48-78)87-57-75(60-90-84-27-18-21-30-93(84)99-96(87)90)69-41-53-81(54-42-69)103-63-66(12-6)24-15-9-3/h16-21,25-60,64-66,97-99H,7-15,22-24,61-63H2,1-6H3. The highest BCUT2D eigenvalue weighted by Gasteiger charge is 2.22. The molecule has 3 unspecified atom stereocenters. The first-order chi connectivity index (χ1) is 50.7. The number of nitrogens with one attached hydrogen (secondary N) is 3. The number of ether oxygens (including phenoxy) is 3. The first-order valence-electron chi connectivity index (χ1n) is 38.2.